The van der Waals surface area contributed by atoms with Gasteiger partial charge in [-0.15, -0.1) is 0 Å². The van der Waals surface area contributed by atoms with Gasteiger partial charge in [-0.3, -0.25) is 19.3 Å². The largest absolute Gasteiger partial charge is 0.416 e. The molecule has 2 heterocycles. The number of alkyl halides is 3. The predicted molar refractivity (Wildman–Crippen MR) is 142 cm³/mol. The van der Waals surface area contributed by atoms with Gasteiger partial charge in [-0.25, -0.2) is 0 Å². The van der Waals surface area contributed by atoms with Crippen LogP contribution in [0.5, 0.6) is 0 Å². The molecule has 10 heteroatoms. The first-order valence-electron chi connectivity index (χ1n) is 11.8. The number of rotatable bonds is 5. The molecule has 0 unspecified atom stereocenters. The van der Waals surface area contributed by atoms with Gasteiger partial charge in [0.1, 0.15) is 6.54 Å². The molecule has 1 N–H and O–H groups in total. The minimum absolute atomic E-state index is 0.134. The maximum Gasteiger partial charge on any atom is 0.416 e. The van der Waals surface area contributed by atoms with Gasteiger partial charge in [0.2, 0.25) is 5.91 Å². The number of amides is 3. The van der Waals surface area contributed by atoms with E-state index in [2.05, 4.69) is 5.32 Å². The van der Waals surface area contributed by atoms with Gasteiger partial charge in [0.15, 0.2) is 0 Å². The number of hydrogen-bond donors (Lipinski definition) is 1. The van der Waals surface area contributed by atoms with Crippen molar-refractivity contribution in [3.05, 3.63) is 86.6 Å². The van der Waals surface area contributed by atoms with Crippen LogP contribution in [0.2, 0.25) is 0 Å². The van der Waals surface area contributed by atoms with Crippen molar-refractivity contribution in [2.45, 2.75) is 40.8 Å². The highest BCUT2D eigenvalue weighted by Gasteiger charge is 2.37. The number of benzene rings is 2. The van der Waals surface area contributed by atoms with E-state index in [1.165, 1.54) is 12.1 Å². The van der Waals surface area contributed by atoms with Crippen LogP contribution in [-0.4, -0.2) is 33.1 Å². The van der Waals surface area contributed by atoms with Gasteiger partial charge in [0.25, 0.3) is 11.1 Å². The Balaban J connectivity index is 1.56. The third kappa shape index (κ3) is 5.40. The van der Waals surface area contributed by atoms with E-state index in [9.17, 15) is 27.6 Å². The van der Waals surface area contributed by atoms with Gasteiger partial charge < -0.3 is 9.88 Å². The fourth-order valence-electron chi connectivity index (χ4n) is 4.63. The average molecular weight is 542 g/mol. The number of imide groups is 1. The van der Waals surface area contributed by atoms with Crippen molar-refractivity contribution in [3.8, 4) is 5.69 Å². The quantitative estimate of drug-likeness (QED) is 0.365. The van der Waals surface area contributed by atoms with Crippen LogP contribution in [0, 0.1) is 34.6 Å². The lowest BCUT2D eigenvalue weighted by molar-refractivity contribution is -0.137. The van der Waals surface area contributed by atoms with E-state index in [1.54, 1.807) is 30.5 Å². The zero-order valence-corrected chi connectivity index (χ0v) is 22.3. The van der Waals surface area contributed by atoms with Crippen LogP contribution < -0.4 is 5.32 Å². The Kier molecular flexibility index (Phi) is 7.29. The first-order chi connectivity index (χ1) is 17.8. The lowest BCUT2D eigenvalue weighted by atomic mass is 10.1. The number of nitrogens with zero attached hydrogens (tertiary/aromatic N) is 2. The SMILES string of the molecule is Cc1cc(C)c(NC(=O)CN2C(=O)S/C(=C\c3cc(C)n(-c4cccc(C(F)(F)F)c4)c3C)C2=O)c(C)c1. The number of nitrogens with one attached hydrogen (secondary N) is 1. The van der Waals surface area contributed by atoms with Gasteiger partial charge in [-0.05, 0) is 93.4 Å². The summed E-state index contributed by atoms with van der Waals surface area (Å²) in [5.41, 5.74) is 4.88. The zero-order valence-electron chi connectivity index (χ0n) is 21.5. The normalized spacial score (nSPS) is 15.1. The molecular weight excluding hydrogens is 515 g/mol. The molecule has 0 saturated carbocycles. The number of halogens is 3. The topological polar surface area (TPSA) is 71.4 Å². The molecule has 1 aliphatic rings. The molecule has 4 rings (SSSR count). The number of anilines is 1. The van der Waals surface area contributed by atoms with Gasteiger partial charge in [0, 0.05) is 22.8 Å². The molecule has 3 amide bonds. The van der Waals surface area contributed by atoms with Crippen molar-refractivity contribution in [2.75, 3.05) is 11.9 Å². The van der Waals surface area contributed by atoms with Crippen LogP contribution >= 0.6 is 11.8 Å². The summed E-state index contributed by atoms with van der Waals surface area (Å²) in [5.74, 6) is -1.09. The molecule has 1 saturated heterocycles. The minimum Gasteiger partial charge on any atom is -0.324 e. The van der Waals surface area contributed by atoms with Crippen molar-refractivity contribution in [2.24, 2.45) is 0 Å². The standard InChI is InChI=1S/C28H26F3N3O3S/c1-15-9-16(2)25(17(3)10-15)32-24(35)14-33-26(36)23(38-27(33)37)12-20-11-18(4)34(19(20)5)22-8-6-7-21(13-22)28(29,30)31/h6-13H,14H2,1-5H3,(H,32,35)/b23-12-. The van der Waals surface area contributed by atoms with Crippen LogP contribution in [-0.2, 0) is 15.8 Å². The monoisotopic (exact) mass is 541 g/mol. The molecule has 2 aromatic carbocycles. The first-order valence-corrected chi connectivity index (χ1v) is 12.6. The molecule has 1 fully saturated rings. The molecule has 1 aromatic heterocycles. The Hall–Kier alpha value is -3.79. The molecule has 0 spiro atoms. The number of carbonyl (C=O) groups excluding carboxylic acids is 3. The van der Waals surface area contributed by atoms with Gasteiger partial charge in [0.05, 0.1) is 10.5 Å². The predicted octanol–water partition coefficient (Wildman–Crippen LogP) is 6.71. The summed E-state index contributed by atoms with van der Waals surface area (Å²) in [5, 5.41) is 2.23. The molecule has 3 aromatic rings. The second-order valence-electron chi connectivity index (χ2n) is 9.30. The number of thioether (sulfide) groups is 1. The Bertz CT molecular complexity index is 1480. The molecular formula is C28H26F3N3O3S. The summed E-state index contributed by atoms with van der Waals surface area (Å²) in [4.78, 5) is 39.3. The van der Waals surface area contributed by atoms with E-state index in [0.717, 1.165) is 45.5 Å². The highest BCUT2D eigenvalue weighted by atomic mass is 32.2. The fraction of sp³-hybridized carbons (Fsp3) is 0.250. The number of aromatic nitrogens is 1. The molecule has 0 aliphatic carbocycles. The molecule has 6 nitrogen and oxygen atoms in total. The van der Waals surface area contributed by atoms with Crippen molar-refractivity contribution >= 4 is 40.6 Å². The van der Waals surface area contributed by atoms with Crippen molar-refractivity contribution in [1.29, 1.82) is 0 Å². The van der Waals surface area contributed by atoms with Gasteiger partial charge >= 0.3 is 6.18 Å². The second kappa shape index (κ2) is 10.2. The summed E-state index contributed by atoms with van der Waals surface area (Å²) >= 11 is 0.719. The Morgan fingerprint density at radius 3 is 2.29 bits per heavy atom. The van der Waals surface area contributed by atoms with E-state index in [-0.39, 0.29) is 4.91 Å². The smallest absolute Gasteiger partial charge is 0.324 e. The van der Waals surface area contributed by atoms with Gasteiger partial charge in [-0.2, -0.15) is 13.2 Å². The molecule has 0 bridgehead atoms. The highest BCUT2D eigenvalue weighted by Crippen LogP contribution is 2.35. The van der Waals surface area contributed by atoms with E-state index < -0.39 is 35.3 Å². The van der Waals surface area contributed by atoms with E-state index >= 15 is 0 Å². The summed E-state index contributed by atoms with van der Waals surface area (Å²) < 4.78 is 41.3. The van der Waals surface area contributed by atoms with Crippen molar-refractivity contribution < 1.29 is 27.6 Å². The van der Waals surface area contributed by atoms with Gasteiger partial charge in [-0.1, -0.05) is 23.8 Å². The highest BCUT2D eigenvalue weighted by molar-refractivity contribution is 8.18. The molecule has 0 atom stereocenters. The van der Waals surface area contributed by atoms with Crippen molar-refractivity contribution in [1.82, 2.24) is 9.47 Å². The van der Waals surface area contributed by atoms with Crippen LogP contribution in [0.3, 0.4) is 0 Å². The Morgan fingerprint density at radius 2 is 1.66 bits per heavy atom. The van der Waals surface area contributed by atoms with E-state index in [1.807, 2.05) is 32.9 Å². The summed E-state index contributed by atoms with van der Waals surface area (Å²) in [6.45, 7) is 8.73. The van der Waals surface area contributed by atoms with Crippen LogP contribution in [0.1, 0.15) is 39.2 Å². The lowest BCUT2D eigenvalue weighted by Gasteiger charge is -2.15. The molecule has 0 radical (unpaired) electrons. The number of hydrogen-bond acceptors (Lipinski definition) is 4. The Labute approximate surface area is 222 Å². The first kappa shape index (κ1) is 27.3. The van der Waals surface area contributed by atoms with Crippen LogP contribution in [0.4, 0.5) is 23.7 Å². The fourth-order valence-corrected chi connectivity index (χ4v) is 5.46. The maximum atomic E-state index is 13.2. The Morgan fingerprint density at radius 1 is 1.00 bits per heavy atom. The number of aryl methyl sites for hydroxylation is 4. The molecule has 198 valence electrons. The van der Waals surface area contributed by atoms with E-state index in [4.69, 9.17) is 0 Å². The lowest BCUT2D eigenvalue weighted by Crippen LogP contribution is -2.36. The van der Waals surface area contributed by atoms with Crippen LogP contribution in [0.15, 0.2) is 47.4 Å². The maximum absolute atomic E-state index is 13.2. The average Bonchev–Trinajstić information content (AvgIpc) is 3.24. The summed E-state index contributed by atoms with van der Waals surface area (Å²) in [6.07, 6.45) is -2.95. The molecule has 1 aliphatic heterocycles. The molecule has 38 heavy (non-hydrogen) atoms. The summed E-state index contributed by atoms with van der Waals surface area (Å²) in [7, 11) is 0. The summed E-state index contributed by atoms with van der Waals surface area (Å²) in [6, 6.07) is 10.6. The van der Waals surface area contributed by atoms with Crippen molar-refractivity contribution in [3.63, 3.8) is 0 Å². The second-order valence-corrected chi connectivity index (χ2v) is 10.3. The van der Waals surface area contributed by atoms with Crippen LogP contribution in [0.25, 0.3) is 11.8 Å². The third-order valence-corrected chi connectivity index (χ3v) is 7.21. The minimum atomic E-state index is -4.48. The zero-order chi connectivity index (χ0) is 27.9. The third-order valence-electron chi connectivity index (χ3n) is 6.31. The number of carbonyl (C=O) groups is 3. The van der Waals surface area contributed by atoms with E-state index in [0.29, 0.717) is 28.3 Å².